The standard InChI is InChI=1S/C57H39FN4S/c58-42-34-50(60(43-19-7-2-8-20-43)44-21-9-3-10-22-44)37-51(35-42)61(45-23-11-4-12-24-45)46-25-15-26-47(36-46)62(49-30-33-55(59-39-49)41-17-5-1-6-18-41)48-29-32-53-54-31-28-40-16-13-14-27-52(40)57(54)63-56(53)38-48/h1-39H. The Balaban J connectivity index is 1.07. The third kappa shape index (κ3) is 7.33. The van der Waals surface area contributed by atoms with E-state index < -0.39 is 0 Å². The highest BCUT2D eigenvalue weighted by Crippen LogP contribution is 2.46. The molecule has 11 aromatic rings. The number of anilines is 9. The first-order chi connectivity index (χ1) is 31.1. The number of aromatic nitrogens is 1. The Bertz CT molecular complexity index is 3320. The Morgan fingerprint density at radius 2 is 0.841 bits per heavy atom. The van der Waals surface area contributed by atoms with Crippen molar-refractivity contribution in [3.63, 3.8) is 0 Å². The van der Waals surface area contributed by atoms with E-state index >= 15 is 4.39 Å². The molecule has 0 N–H and O–H groups in total. The van der Waals surface area contributed by atoms with Gasteiger partial charge in [-0.1, -0.05) is 133 Å². The number of pyridine rings is 1. The number of fused-ring (bicyclic) bond motifs is 5. The first-order valence-electron chi connectivity index (χ1n) is 21.0. The number of benzene rings is 9. The molecule has 0 fully saturated rings. The maximum absolute atomic E-state index is 16.2. The highest BCUT2D eigenvalue weighted by molar-refractivity contribution is 7.26. The van der Waals surface area contributed by atoms with Crippen LogP contribution in [0.15, 0.2) is 237 Å². The summed E-state index contributed by atoms with van der Waals surface area (Å²) in [4.78, 5) is 11.5. The fraction of sp³-hybridized carbons (Fsp3) is 0. The van der Waals surface area contributed by atoms with Crippen LogP contribution in [0.1, 0.15) is 0 Å². The Labute approximate surface area is 369 Å². The first-order valence-corrected chi connectivity index (χ1v) is 21.8. The zero-order valence-electron chi connectivity index (χ0n) is 34.1. The van der Waals surface area contributed by atoms with E-state index in [0.717, 1.165) is 51.1 Å². The third-order valence-corrected chi connectivity index (χ3v) is 12.7. The van der Waals surface area contributed by atoms with Crippen molar-refractivity contribution in [1.29, 1.82) is 0 Å². The van der Waals surface area contributed by atoms with Gasteiger partial charge in [0.25, 0.3) is 0 Å². The molecule has 0 unspecified atom stereocenters. The number of halogens is 1. The molecule has 0 atom stereocenters. The number of hydrogen-bond acceptors (Lipinski definition) is 5. The van der Waals surface area contributed by atoms with Gasteiger partial charge in [0.15, 0.2) is 0 Å². The summed E-state index contributed by atoms with van der Waals surface area (Å²) in [6.45, 7) is 0. The van der Waals surface area contributed by atoms with Crippen LogP contribution in [0, 0.1) is 5.82 Å². The number of hydrogen-bond donors (Lipinski definition) is 0. The number of thiophene rings is 1. The number of para-hydroxylation sites is 3. The molecule has 63 heavy (non-hydrogen) atoms. The van der Waals surface area contributed by atoms with Gasteiger partial charge >= 0.3 is 0 Å². The molecule has 300 valence electrons. The molecule has 0 spiro atoms. The summed E-state index contributed by atoms with van der Waals surface area (Å²) in [5, 5.41) is 4.99. The monoisotopic (exact) mass is 830 g/mol. The van der Waals surface area contributed by atoms with Crippen molar-refractivity contribution >= 4 is 93.5 Å². The van der Waals surface area contributed by atoms with Crippen LogP contribution in [0.3, 0.4) is 0 Å². The second kappa shape index (κ2) is 16.4. The molecule has 4 nitrogen and oxygen atoms in total. The van der Waals surface area contributed by atoms with E-state index in [1.807, 2.05) is 115 Å². The molecular weight excluding hydrogens is 792 g/mol. The fourth-order valence-electron chi connectivity index (χ4n) is 8.59. The molecule has 2 aromatic heterocycles. The van der Waals surface area contributed by atoms with Crippen LogP contribution in [0.25, 0.3) is 42.2 Å². The SMILES string of the molecule is Fc1cc(N(c2ccccc2)c2ccccc2)cc(N(c2ccccc2)c2cccc(N(c3ccc(-c4ccccc4)nc3)c3ccc4c(c3)sc3c5ccccc5ccc43)c2)c1. The van der Waals surface area contributed by atoms with Crippen LogP contribution in [-0.4, -0.2) is 4.98 Å². The van der Waals surface area contributed by atoms with Crippen LogP contribution in [0.4, 0.5) is 55.6 Å². The summed E-state index contributed by atoms with van der Waals surface area (Å²) in [5.41, 5.74) is 9.83. The topological polar surface area (TPSA) is 22.6 Å². The molecule has 11 rings (SSSR count). The van der Waals surface area contributed by atoms with Crippen LogP contribution in [0.2, 0.25) is 0 Å². The smallest absolute Gasteiger partial charge is 0.127 e. The molecule has 0 saturated carbocycles. The van der Waals surface area contributed by atoms with E-state index in [1.54, 1.807) is 12.1 Å². The molecule has 0 aliphatic carbocycles. The lowest BCUT2D eigenvalue weighted by Crippen LogP contribution is -2.15. The van der Waals surface area contributed by atoms with E-state index in [-0.39, 0.29) is 5.82 Å². The maximum atomic E-state index is 16.2. The second-order valence-electron chi connectivity index (χ2n) is 15.4. The minimum Gasteiger partial charge on any atom is -0.310 e. The summed E-state index contributed by atoms with van der Waals surface area (Å²) < 4.78 is 18.7. The quantitative estimate of drug-likeness (QED) is 0.137. The van der Waals surface area contributed by atoms with Crippen molar-refractivity contribution in [2.24, 2.45) is 0 Å². The highest BCUT2D eigenvalue weighted by atomic mass is 32.1. The predicted molar refractivity (Wildman–Crippen MR) is 264 cm³/mol. The Morgan fingerprint density at radius 1 is 0.349 bits per heavy atom. The normalized spacial score (nSPS) is 11.3. The van der Waals surface area contributed by atoms with Gasteiger partial charge in [0, 0.05) is 59.9 Å². The van der Waals surface area contributed by atoms with Crippen molar-refractivity contribution in [3.8, 4) is 11.3 Å². The van der Waals surface area contributed by atoms with E-state index in [4.69, 9.17) is 4.98 Å². The second-order valence-corrected chi connectivity index (χ2v) is 16.5. The molecule has 6 heteroatoms. The molecular formula is C57H39FN4S. The van der Waals surface area contributed by atoms with Crippen molar-refractivity contribution in [3.05, 3.63) is 243 Å². The van der Waals surface area contributed by atoms with E-state index in [0.29, 0.717) is 11.4 Å². The predicted octanol–water partition coefficient (Wildman–Crippen LogP) is 16.8. The van der Waals surface area contributed by atoms with Gasteiger partial charge in [0.05, 0.1) is 29.0 Å². The molecule has 0 bridgehead atoms. The maximum Gasteiger partial charge on any atom is 0.127 e. The van der Waals surface area contributed by atoms with Crippen molar-refractivity contribution in [2.75, 3.05) is 14.7 Å². The van der Waals surface area contributed by atoms with Crippen LogP contribution in [0.5, 0.6) is 0 Å². The van der Waals surface area contributed by atoms with E-state index in [1.165, 1.54) is 30.9 Å². The molecule has 0 aliphatic rings. The lowest BCUT2D eigenvalue weighted by Gasteiger charge is -2.31. The summed E-state index contributed by atoms with van der Waals surface area (Å²) in [6.07, 6.45) is 1.95. The van der Waals surface area contributed by atoms with E-state index in [2.05, 4.69) is 136 Å². The van der Waals surface area contributed by atoms with Gasteiger partial charge in [-0.15, -0.1) is 11.3 Å². The molecule has 0 saturated heterocycles. The van der Waals surface area contributed by atoms with Gasteiger partial charge in [0.1, 0.15) is 5.82 Å². The highest BCUT2D eigenvalue weighted by Gasteiger charge is 2.22. The third-order valence-electron chi connectivity index (χ3n) is 11.5. The molecule has 0 amide bonds. The zero-order valence-corrected chi connectivity index (χ0v) is 34.9. The number of rotatable bonds is 10. The van der Waals surface area contributed by atoms with E-state index in [9.17, 15) is 0 Å². The van der Waals surface area contributed by atoms with Gasteiger partial charge < -0.3 is 14.7 Å². The van der Waals surface area contributed by atoms with Crippen molar-refractivity contribution in [1.82, 2.24) is 4.98 Å². The minimum atomic E-state index is -0.341. The lowest BCUT2D eigenvalue weighted by molar-refractivity contribution is 0.628. The van der Waals surface area contributed by atoms with Gasteiger partial charge in [-0.25, -0.2) is 4.39 Å². The van der Waals surface area contributed by atoms with Crippen molar-refractivity contribution < 1.29 is 4.39 Å². The average Bonchev–Trinajstić information content (AvgIpc) is 3.72. The fourth-order valence-corrected chi connectivity index (χ4v) is 9.86. The molecule has 2 heterocycles. The van der Waals surface area contributed by atoms with Crippen LogP contribution in [-0.2, 0) is 0 Å². The van der Waals surface area contributed by atoms with Crippen LogP contribution < -0.4 is 14.7 Å². The molecule has 0 radical (unpaired) electrons. The first kappa shape index (κ1) is 37.9. The Hall–Kier alpha value is -8.06. The van der Waals surface area contributed by atoms with Gasteiger partial charge in [0.2, 0.25) is 0 Å². The lowest BCUT2D eigenvalue weighted by atomic mass is 10.1. The summed E-state index contributed by atoms with van der Waals surface area (Å²) in [6, 6.07) is 78.4. The van der Waals surface area contributed by atoms with Gasteiger partial charge in [-0.2, -0.15) is 0 Å². The minimum absolute atomic E-state index is 0.341. The van der Waals surface area contributed by atoms with Crippen molar-refractivity contribution in [2.45, 2.75) is 0 Å². The average molecular weight is 831 g/mol. The summed E-state index contributed by atoms with van der Waals surface area (Å²) >= 11 is 1.83. The molecule has 0 aliphatic heterocycles. The Morgan fingerprint density at radius 3 is 1.46 bits per heavy atom. The van der Waals surface area contributed by atoms with Gasteiger partial charge in [-0.05, 0) is 108 Å². The summed E-state index contributed by atoms with van der Waals surface area (Å²) in [5.74, 6) is -0.341. The molecule has 9 aromatic carbocycles. The Kier molecular flexibility index (Phi) is 9.88. The zero-order chi connectivity index (χ0) is 42.1. The largest absolute Gasteiger partial charge is 0.310 e. The van der Waals surface area contributed by atoms with Crippen LogP contribution >= 0.6 is 11.3 Å². The summed E-state index contributed by atoms with van der Waals surface area (Å²) in [7, 11) is 0. The van der Waals surface area contributed by atoms with Gasteiger partial charge in [-0.3, -0.25) is 4.98 Å². The number of nitrogens with zero attached hydrogens (tertiary/aromatic N) is 4.